The highest BCUT2D eigenvalue weighted by molar-refractivity contribution is 7.99. The van der Waals surface area contributed by atoms with Gasteiger partial charge < -0.3 is 9.88 Å². The van der Waals surface area contributed by atoms with Crippen molar-refractivity contribution in [3.63, 3.8) is 0 Å². The van der Waals surface area contributed by atoms with E-state index in [0.717, 1.165) is 22.5 Å². The Morgan fingerprint density at radius 2 is 1.72 bits per heavy atom. The molecule has 2 N–H and O–H groups in total. The molecule has 3 rings (SSSR count). The number of aromatic nitrogens is 3. The number of anilines is 1. The fraction of sp³-hybridized carbons (Fsp3) is 0.333. The van der Waals surface area contributed by atoms with Gasteiger partial charge in [0.05, 0.1) is 5.75 Å². The van der Waals surface area contributed by atoms with Gasteiger partial charge in [-0.1, -0.05) is 74.5 Å². The number of rotatable bonds is 5. The second kappa shape index (κ2) is 9.56. The average Bonchev–Trinajstić information content (AvgIpc) is 3.08. The Labute approximate surface area is 193 Å². The zero-order valence-electron chi connectivity index (χ0n) is 19.3. The van der Waals surface area contributed by atoms with Crippen LogP contribution in [0.25, 0.3) is 11.4 Å². The second-order valence-corrected chi connectivity index (χ2v) is 9.74. The molecule has 0 fully saturated rings. The summed E-state index contributed by atoms with van der Waals surface area (Å²) in [4.78, 5) is 24.4. The maximum absolute atomic E-state index is 12.2. The summed E-state index contributed by atoms with van der Waals surface area (Å²) in [5, 5.41) is 14.1. The van der Waals surface area contributed by atoms with Crippen LogP contribution < -0.4 is 10.6 Å². The third-order valence-electron chi connectivity index (χ3n) is 5.06. The number of benzene rings is 2. The van der Waals surface area contributed by atoms with Crippen LogP contribution in [0.1, 0.15) is 37.5 Å². The Bertz CT molecular complexity index is 1130. The first-order chi connectivity index (χ1) is 15.0. The first-order valence-corrected chi connectivity index (χ1v) is 11.3. The zero-order valence-corrected chi connectivity index (χ0v) is 20.1. The van der Waals surface area contributed by atoms with Gasteiger partial charge in [-0.2, -0.15) is 0 Å². The van der Waals surface area contributed by atoms with Crippen LogP contribution in [-0.4, -0.2) is 32.5 Å². The van der Waals surface area contributed by atoms with E-state index in [0.29, 0.717) is 10.8 Å². The van der Waals surface area contributed by atoms with Crippen molar-refractivity contribution >= 4 is 29.4 Å². The molecule has 0 aliphatic carbocycles. The number of urea groups is 1. The van der Waals surface area contributed by atoms with E-state index in [9.17, 15) is 9.59 Å². The highest BCUT2D eigenvalue weighted by atomic mass is 32.2. The number of carbonyl (C=O) groups is 2. The van der Waals surface area contributed by atoms with Crippen molar-refractivity contribution in [2.45, 2.75) is 45.2 Å². The summed E-state index contributed by atoms with van der Waals surface area (Å²) in [6.45, 7) is 10.4. The van der Waals surface area contributed by atoms with E-state index in [1.165, 1.54) is 17.3 Å². The number of amides is 3. The molecule has 0 saturated heterocycles. The number of hydrogen-bond acceptors (Lipinski definition) is 5. The SMILES string of the molecule is Cc1ccc(NC(=O)NC(=O)CSc2nnc(-c3ccc(C(C)(C)C)cc3)n2C)c(C)c1. The molecular formula is C24H29N5O2S. The second-order valence-electron chi connectivity index (χ2n) is 8.80. The molecule has 0 atom stereocenters. The molecule has 0 aliphatic heterocycles. The molecular weight excluding hydrogens is 422 g/mol. The van der Waals surface area contributed by atoms with Crippen molar-refractivity contribution in [2.75, 3.05) is 11.1 Å². The van der Waals surface area contributed by atoms with Crippen LogP contribution in [0.2, 0.25) is 0 Å². The van der Waals surface area contributed by atoms with Crippen molar-refractivity contribution in [1.29, 1.82) is 0 Å². The fourth-order valence-corrected chi connectivity index (χ4v) is 3.92. The van der Waals surface area contributed by atoms with Gasteiger partial charge in [0.15, 0.2) is 11.0 Å². The minimum atomic E-state index is -0.555. The topological polar surface area (TPSA) is 88.9 Å². The highest BCUT2D eigenvalue weighted by Gasteiger charge is 2.17. The van der Waals surface area contributed by atoms with Crippen molar-refractivity contribution in [1.82, 2.24) is 20.1 Å². The fourth-order valence-electron chi connectivity index (χ4n) is 3.21. The molecule has 168 valence electrons. The average molecular weight is 452 g/mol. The summed E-state index contributed by atoms with van der Waals surface area (Å²) in [5.74, 6) is 0.368. The summed E-state index contributed by atoms with van der Waals surface area (Å²) < 4.78 is 1.85. The Morgan fingerprint density at radius 3 is 2.34 bits per heavy atom. The molecule has 1 aromatic heterocycles. The van der Waals surface area contributed by atoms with Gasteiger partial charge in [0.1, 0.15) is 0 Å². The van der Waals surface area contributed by atoms with Gasteiger partial charge in [0.25, 0.3) is 0 Å². The summed E-state index contributed by atoms with van der Waals surface area (Å²) in [7, 11) is 1.86. The Balaban J connectivity index is 1.57. The van der Waals surface area contributed by atoms with Crippen LogP contribution in [0.4, 0.5) is 10.5 Å². The molecule has 0 spiro atoms. The Kier molecular flexibility index (Phi) is 7.03. The van der Waals surface area contributed by atoms with Gasteiger partial charge >= 0.3 is 6.03 Å². The quantitative estimate of drug-likeness (QED) is 0.542. The number of imide groups is 1. The van der Waals surface area contributed by atoms with E-state index in [2.05, 4.69) is 53.7 Å². The van der Waals surface area contributed by atoms with Gasteiger partial charge in [-0.05, 0) is 36.5 Å². The van der Waals surface area contributed by atoms with Gasteiger partial charge in [0, 0.05) is 18.3 Å². The number of thioether (sulfide) groups is 1. The minimum Gasteiger partial charge on any atom is -0.307 e. The number of nitrogens with zero attached hydrogens (tertiary/aromatic N) is 3. The first kappa shape index (κ1) is 23.5. The lowest BCUT2D eigenvalue weighted by Gasteiger charge is -2.19. The molecule has 0 radical (unpaired) electrons. The van der Waals surface area contributed by atoms with Crippen LogP contribution in [0, 0.1) is 13.8 Å². The molecule has 32 heavy (non-hydrogen) atoms. The molecule has 1 heterocycles. The van der Waals surface area contributed by atoms with E-state index in [1.54, 1.807) is 0 Å². The number of aryl methyl sites for hydroxylation is 2. The van der Waals surface area contributed by atoms with Gasteiger partial charge in [-0.25, -0.2) is 4.79 Å². The smallest absolute Gasteiger partial charge is 0.307 e. The lowest BCUT2D eigenvalue weighted by molar-refractivity contribution is -0.117. The zero-order chi connectivity index (χ0) is 23.5. The van der Waals surface area contributed by atoms with Crippen LogP contribution >= 0.6 is 11.8 Å². The number of carbonyl (C=O) groups excluding carboxylic acids is 2. The molecule has 8 heteroatoms. The maximum Gasteiger partial charge on any atom is 0.325 e. The third-order valence-corrected chi connectivity index (χ3v) is 6.08. The maximum atomic E-state index is 12.2. The van der Waals surface area contributed by atoms with E-state index >= 15 is 0 Å². The van der Waals surface area contributed by atoms with Crippen molar-refractivity contribution in [2.24, 2.45) is 7.05 Å². The standard InChI is InChI=1S/C24H29N5O2S/c1-15-7-12-19(16(2)13-15)25-22(31)26-20(30)14-32-23-28-27-21(29(23)6)17-8-10-18(11-9-17)24(3,4)5/h7-13H,14H2,1-6H3,(H2,25,26,30,31). The predicted molar refractivity (Wildman–Crippen MR) is 129 cm³/mol. The molecule has 7 nitrogen and oxygen atoms in total. The Morgan fingerprint density at radius 1 is 1.03 bits per heavy atom. The summed E-state index contributed by atoms with van der Waals surface area (Å²) >= 11 is 1.23. The van der Waals surface area contributed by atoms with E-state index in [4.69, 9.17) is 0 Å². The molecule has 0 aliphatic rings. The molecule has 3 aromatic rings. The van der Waals surface area contributed by atoms with Crippen molar-refractivity contribution in [3.05, 3.63) is 59.2 Å². The summed E-state index contributed by atoms with van der Waals surface area (Å²) in [6, 6.07) is 13.4. The number of nitrogens with one attached hydrogen (secondary N) is 2. The van der Waals surface area contributed by atoms with Crippen LogP contribution in [-0.2, 0) is 17.3 Å². The molecule has 3 amide bonds. The number of hydrogen-bond donors (Lipinski definition) is 2. The summed E-state index contributed by atoms with van der Waals surface area (Å²) in [6.07, 6.45) is 0. The van der Waals surface area contributed by atoms with Crippen LogP contribution in [0.5, 0.6) is 0 Å². The van der Waals surface area contributed by atoms with E-state index in [1.807, 2.05) is 55.8 Å². The minimum absolute atomic E-state index is 0.0508. The van der Waals surface area contributed by atoms with E-state index in [-0.39, 0.29) is 11.2 Å². The highest BCUT2D eigenvalue weighted by Crippen LogP contribution is 2.27. The van der Waals surface area contributed by atoms with Crippen LogP contribution in [0.3, 0.4) is 0 Å². The van der Waals surface area contributed by atoms with Crippen molar-refractivity contribution < 1.29 is 9.59 Å². The predicted octanol–water partition coefficient (Wildman–Crippen LogP) is 4.84. The molecule has 0 saturated carbocycles. The lowest BCUT2D eigenvalue weighted by Crippen LogP contribution is -2.35. The molecule has 0 unspecified atom stereocenters. The van der Waals surface area contributed by atoms with Crippen LogP contribution in [0.15, 0.2) is 47.6 Å². The molecule has 2 aromatic carbocycles. The normalized spacial score (nSPS) is 11.3. The monoisotopic (exact) mass is 451 g/mol. The third kappa shape index (κ3) is 5.76. The van der Waals surface area contributed by atoms with Gasteiger partial charge in [0.2, 0.25) is 5.91 Å². The van der Waals surface area contributed by atoms with Crippen molar-refractivity contribution in [3.8, 4) is 11.4 Å². The lowest BCUT2D eigenvalue weighted by atomic mass is 9.87. The first-order valence-electron chi connectivity index (χ1n) is 10.4. The van der Waals surface area contributed by atoms with Gasteiger partial charge in [-0.3, -0.25) is 10.1 Å². The van der Waals surface area contributed by atoms with E-state index < -0.39 is 11.9 Å². The Hall–Kier alpha value is -3.13. The summed E-state index contributed by atoms with van der Waals surface area (Å²) in [5.41, 5.74) is 4.99. The van der Waals surface area contributed by atoms with Gasteiger partial charge in [-0.15, -0.1) is 10.2 Å². The largest absolute Gasteiger partial charge is 0.325 e. The molecule has 0 bridgehead atoms.